The molecule has 2 fully saturated rings. The number of hydrogen-bond donors (Lipinski definition) is 0. The SMILES string of the molecule is CN(Cc1ccccc1)C(=O)CC1CCN(C(=O)C2(c3ccccc3)CC2)C1. The molecule has 28 heavy (non-hydrogen) atoms. The van der Waals surface area contributed by atoms with Crippen LogP contribution in [0, 0.1) is 5.92 Å². The first kappa shape index (κ1) is 18.7. The van der Waals surface area contributed by atoms with Crippen molar-refractivity contribution in [3.05, 3.63) is 71.8 Å². The molecule has 2 aromatic carbocycles. The Morgan fingerprint density at radius 2 is 1.68 bits per heavy atom. The predicted octanol–water partition coefficient (Wildman–Crippen LogP) is 3.62. The van der Waals surface area contributed by atoms with E-state index in [-0.39, 0.29) is 23.1 Å². The highest BCUT2D eigenvalue weighted by molar-refractivity contribution is 5.91. The molecule has 1 unspecified atom stereocenters. The van der Waals surface area contributed by atoms with Crippen LogP contribution in [-0.2, 0) is 21.5 Å². The summed E-state index contributed by atoms with van der Waals surface area (Å²) in [4.78, 5) is 29.6. The van der Waals surface area contributed by atoms with Gasteiger partial charge in [0.25, 0.3) is 0 Å². The van der Waals surface area contributed by atoms with Crippen LogP contribution in [0.1, 0.15) is 36.8 Å². The van der Waals surface area contributed by atoms with Gasteiger partial charge in [0.2, 0.25) is 11.8 Å². The van der Waals surface area contributed by atoms with E-state index in [0.717, 1.165) is 36.9 Å². The van der Waals surface area contributed by atoms with Crippen LogP contribution in [0.15, 0.2) is 60.7 Å². The van der Waals surface area contributed by atoms with Gasteiger partial charge >= 0.3 is 0 Å². The van der Waals surface area contributed by atoms with Gasteiger partial charge in [0.1, 0.15) is 0 Å². The Hall–Kier alpha value is -2.62. The number of likely N-dealkylation sites (tertiary alicyclic amines) is 1. The number of nitrogens with zero attached hydrogens (tertiary/aromatic N) is 2. The van der Waals surface area contributed by atoms with E-state index < -0.39 is 0 Å². The molecule has 4 nitrogen and oxygen atoms in total. The molecule has 0 bridgehead atoms. The highest BCUT2D eigenvalue weighted by Crippen LogP contribution is 2.50. The summed E-state index contributed by atoms with van der Waals surface area (Å²) in [6.07, 6.45) is 3.32. The second-order valence-electron chi connectivity index (χ2n) is 8.29. The number of carbonyl (C=O) groups excluding carboxylic acids is 2. The van der Waals surface area contributed by atoms with Crippen LogP contribution in [0.3, 0.4) is 0 Å². The first-order chi connectivity index (χ1) is 13.6. The zero-order valence-electron chi connectivity index (χ0n) is 16.5. The zero-order chi connectivity index (χ0) is 19.6. The molecule has 1 atom stereocenters. The maximum atomic E-state index is 13.2. The molecule has 2 aliphatic rings. The second-order valence-corrected chi connectivity index (χ2v) is 8.29. The van der Waals surface area contributed by atoms with Crippen LogP contribution in [0.4, 0.5) is 0 Å². The fraction of sp³-hybridized carbons (Fsp3) is 0.417. The molecule has 0 radical (unpaired) electrons. The largest absolute Gasteiger partial charge is 0.342 e. The number of amides is 2. The van der Waals surface area contributed by atoms with E-state index >= 15 is 0 Å². The Labute approximate surface area is 167 Å². The number of hydrogen-bond acceptors (Lipinski definition) is 2. The normalized spacial score (nSPS) is 20.0. The van der Waals surface area contributed by atoms with Crippen molar-refractivity contribution in [3.63, 3.8) is 0 Å². The Morgan fingerprint density at radius 3 is 2.32 bits per heavy atom. The summed E-state index contributed by atoms with van der Waals surface area (Å²) in [5, 5.41) is 0. The molecule has 4 rings (SSSR count). The number of rotatable bonds is 6. The van der Waals surface area contributed by atoms with Crippen molar-refractivity contribution in [2.45, 2.75) is 37.6 Å². The molecular weight excluding hydrogens is 348 g/mol. The Morgan fingerprint density at radius 1 is 1.04 bits per heavy atom. The van der Waals surface area contributed by atoms with E-state index in [1.54, 1.807) is 4.90 Å². The average Bonchev–Trinajstić information content (AvgIpc) is 3.41. The third-order valence-electron chi connectivity index (χ3n) is 6.21. The Bertz CT molecular complexity index is 830. The minimum absolute atomic E-state index is 0.160. The summed E-state index contributed by atoms with van der Waals surface area (Å²) in [6.45, 7) is 2.11. The van der Waals surface area contributed by atoms with Gasteiger partial charge in [0.05, 0.1) is 5.41 Å². The predicted molar refractivity (Wildman–Crippen MR) is 110 cm³/mol. The van der Waals surface area contributed by atoms with Gasteiger partial charge in [-0.25, -0.2) is 0 Å². The smallest absolute Gasteiger partial charge is 0.233 e. The molecule has 4 heteroatoms. The molecule has 1 aliphatic carbocycles. The summed E-state index contributed by atoms with van der Waals surface area (Å²) in [5.41, 5.74) is 1.98. The first-order valence-electron chi connectivity index (χ1n) is 10.2. The lowest BCUT2D eigenvalue weighted by atomic mass is 9.94. The summed E-state index contributed by atoms with van der Waals surface area (Å²) in [5.74, 6) is 0.680. The maximum Gasteiger partial charge on any atom is 0.233 e. The lowest BCUT2D eigenvalue weighted by Gasteiger charge is -2.24. The molecule has 1 saturated heterocycles. The third-order valence-corrected chi connectivity index (χ3v) is 6.21. The standard InChI is InChI=1S/C24H28N2O2/c1-25(17-19-8-4-2-5-9-19)22(27)16-20-12-15-26(18-20)23(28)24(13-14-24)21-10-6-3-7-11-21/h2-11,20H,12-18H2,1H3. The van der Waals surface area contributed by atoms with E-state index in [0.29, 0.717) is 19.5 Å². The van der Waals surface area contributed by atoms with Crippen molar-refractivity contribution >= 4 is 11.8 Å². The van der Waals surface area contributed by atoms with Gasteiger partial charge in [-0.2, -0.15) is 0 Å². The quantitative estimate of drug-likeness (QED) is 0.773. The molecular formula is C24H28N2O2. The van der Waals surface area contributed by atoms with Crippen LogP contribution in [0.5, 0.6) is 0 Å². The van der Waals surface area contributed by atoms with Gasteiger partial charge in [0.15, 0.2) is 0 Å². The summed E-state index contributed by atoms with van der Waals surface area (Å²) in [6, 6.07) is 20.2. The molecule has 2 aromatic rings. The van der Waals surface area contributed by atoms with Crippen LogP contribution in [0.25, 0.3) is 0 Å². The van der Waals surface area contributed by atoms with Gasteiger partial charge in [0, 0.05) is 33.1 Å². The van der Waals surface area contributed by atoms with Crippen molar-refractivity contribution in [1.82, 2.24) is 9.80 Å². The Balaban J connectivity index is 1.32. The topological polar surface area (TPSA) is 40.6 Å². The molecule has 146 valence electrons. The number of benzene rings is 2. The van der Waals surface area contributed by atoms with Gasteiger partial charge in [-0.3, -0.25) is 9.59 Å². The van der Waals surface area contributed by atoms with Crippen LogP contribution >= 0.6 is 0 Å². The number of carbonyl (C=O) groups is 2. The van der Waals surface area contributed by atoms with Crippen molar-refractivity contribution in [2.75, 3.05) is 20.1 Å². The zero-order valence-corrected chi connectivity index (χ0v) is 16.5. The first-order valence-corrected chi connectivity index (χ1v) is 10.2. The second kappa shape index (κ2) is 7.78. The van der Waals surface area contributed by atoms with Crippen molar-refractivity contribution in [2.24, 2.45) is 5.92 Å². The van der Waals surface area contributed by atoms with Crippen molar-refractivity contribution in [3.8, 4) is 0 Å². The summed E-state index contributed by atoms with van der Waals surface area (Å²) < 4.78 is 0. The lowest BCUT2D eigenvalue weighted by Crippen LogP contribution is -2.38. The summed E-state index contributed by atoms with van der Waals surface area (Å²) >= 11 is 0. The van der Waals surface area contributed by atoms with Crippen LogP contribution in [0.2, 0.25) is 0 Å². The van der Waals surface area contributed by atoms with E-state index in [4.69, 9.17) is 0 Å². The van der Waals surface area contributed by atoms with Crippen molar-refractivity contribution in [1.29, 1.82) is 0 Å². The fourth-order valence-corrected chi connectivity index (χ4v) is 4.34. The molecule has 1 aliphatic heterocycles. The van der Waals surface area contributed by atoms with E-state index in [1.165, 1.54) is 0 Å². The van der Waals surface area contributed by atoms with Gasteiger partial charge in [-0.05, 0) is 36.3 Å². The average molecular weight is 377 g/mol. The van der Waals surface area contributed by atoms with Crippen LogP contribution < -0.4 is 0 Å². The van der Waals surface area contributed by atoms with Crippen LogP contribution in [-0.4, -0.2) is 41.8 Å². The highest BCUT2D eigenvalue weighted by atomic mass is 16.2. The van der Waals surface area contributed by atoms with Gasteiger partial charge < -0.3 is 9.80 Å². The molecule has 2 amide bonds. The highest BCUT2D eigenvalue weighted by Gasteiger charge is 2.53. The van der Waals surface area contributed by atoms with Gasteiger partial charge in [-0.15, -0.1) is 0 Å². The Kier molecular flexibility index (Phi) is 5.21. The minimum Gasteiger partial charge on any atom is -0.342 e. The summed E-state index contributed by atoms with van der Waals surface area (Å²) in [7, 11) is 1.86. The third kappa shape index (κ3) is 3.82. The maximum absolute atomic E-state index is 13.2. The van der Waals surface area contributed by atoms with Crippen molar-refractivity contribution < 1.29 is 9.59 Å². The molecule has 0 aromatic heterocycles. The molecule has 0 spiro atoms. The minimum atomic E-state index is -0.301. The monoisotopic (exact) mass is 376 g/mol. The fourth-order valence-electron chi connectivity index (χ4n) is 4.34. The molecule has 1 heterocycles. The lowest BCUT2D eigenvalue weighted by molar-refractivity contribution is -0.134. The van der Waals surface area contributed by atoms with E-state index in [9.17, 15) is 9.59 Å². The van der Waals surface area contributed by atoms with E-state index in [1.807, 2.05) is 60.5 Å². The molecule has 1 saturated carbocycles. The molecule has 0 N–H and O–H groups in total. The van der Waals surface area contributed by atoms with E-state index in [2.05, 4.69) is 12.1 Å². The van der Waals surface area contributed by atoms with Gasteiger partial charge in [-0.1, -0.05) is 60.7 Å².